The van der Waals surface area contributed by atoms with Gasteiger partial charge in [0.2, 0.25) is 0 Å². The molecule has 0 aliphatic carbocycles. The second-order valence-corrected chi connectivity index (χ2v) is 5.54. The summed E-state index contributed by atoms with van der Waals surface area (Å²) in [4.78, 5) is 27.1. The van der Waals surface area contributed by atoms with E-state index in [9.17, 15) is 9.59 Å². The summed E-state index contributed by atoms with van der Waals surface area (Å²) in [5.74, 6) is -0.855. The van der Waals surface area contributed by atoms with Gasteiger partial charge in [-0.15, -0.1) is 0 Å². The van der Waals surface area contributed by atoms with Gasteiger partial charge in [-0.05, 0) is 36.8 Å². The van der Waals surface area contributed by atoms with Crippen LogP contribution in [0.3, 0.4) is 0 Å². The number of rotatable bonds is 6. The van der Waals surface area contributed by atoms with Crippen LogP contribution in [0.25, 0.3) is 0 Å². The van der Waals surface area contributed by atoms with Crippen LogP contribution in [0.4, 0.5) is 5.69 Å². The smallest absolute Gasteiger partial charge is 0.344 e. The fourth-order valence-corrected chi connectivity index (χ4v) is 2.05. The largest absolute Gasteiger partial charge is 0.480 e. The Kier molecular flexibility index (Phi) is 6.40. The van der Waals surface area contributed by atoms with E-state index in [0.29, 0.717) is 16.5 Å². The molecule has 1 aromatic heterocycles. The van der Waals surface area contributed by atoms with E-state index >= 15 is 0 Å². The molecule has 0 bridgehead atoms. The van der Waals surface area contributed by atoms with Crippen molar-refractivity contribution in [2.24, 2.45) is 0 Å². The predicted molar refractivity (Wildman–Crippen MR) is 90.5 cm³/mol. The number of carbonyl (C=O) groups is 2. The van der Waals surface area contributed by atoms with E-state index in [1.54, 1.807) is 24.3 Å². The molecule has 0 saturated carbocycles. The monoisotopic (exact) mass is 368 g/mol. The van der Waals surface area contributed by atoms with Crippen LogP contribution >= 0.6 is 23.2 Å². The Hall–Kier alpha value is -2.31. The highest BCUT2D eigenvalue weighted by atomic mass is 35.5. The third-order valence-electron chi connectivity index (χ3n) is 2.83. The van der Waals surface area contributed by atoms with E-state index in [1.165, 1.54) is 6.20 Å². The minimum Gasteiger partial charge on any atom is -0.480 e. The van der Waals surface area contributed by atoms with Gasteiger partial charge in [-0.2, -0.15) is 0 Å². The SMILES string of the molecule is Cc1ccc(Cl)c(OCC(=O)OCC(=O)Nc2cccnc2Cl)c1. The Morgan fingerprint density at radius 1 is 1.21 bits per heavy atom. The quantitative estimate of drug-likeness (QED) is 0.625. The first kappa shape index (κ1) is 18.0. The summed E-state index contributed by atoms with van der Waals surface area (Å²) in [6.07, 6.45) is 1.49. The van der Waals surface area contributed by atoms with Gasteiger partial charge in [-0.3, -0.25) is 4.79 Å². The van der Waals surface area contributed by atoms with Crippen molar-refractivity contribution < 1.29 is 19.1 Å². The number of aromatic nitrogens is 1. The Labute approximate surface area is 148 Å². The van der Waals surface area contributed by atoms with Crippen LogP contribution < -0.4 is 10.1 Å². The highest BCUT2D eigenvalue weighted by molar-refractivity contribution is 6.32. The minimum absolute atomic E-state index is 0.148. The lowest BCUT2D eigenvalue weighted by Crippen LogP contribution is -2.23. The van der Waals surface area contributed by atoms with E-state index in [0.717, 1.165) is 5.56 Å². The third kappa shape index (κ3) is 5.40. The molecule has 8 heteroatoms. The molecule has 1 heterocycles. The number of amides is 1. The molecule has 0 atom stereocenters. The third-order valence-corrected chi connectivity index (χ3v) is 3.44. The minimum atomic E-state index is -0.694. The Bertz CT molecular complexity index is 753. The molecule has 1 amide bonds. The number of nitrogens with zero attached hydrogens (tertiary/aromatic N) is 1. The molecule has 0 saturated heterocycles. The average molecular weight is 369 g/mol. The molecule has 2 rings (SSSR count). The van der Waals surface area contributed by atoms with Gasteiger partial charge in [0.25, 0.3) is 5.91 Å². The maximum absolute atomic E-state index is 11.7. The van der Waals surface area contributed by atoms with Gasteiger partial charge >= 0.3 is 5.97 Å². The number of anilines is 1. The number of halogens is 2. The zero-order valence-corrected chi connectivity index (χ0v) is 14.2. The molecule has 0 unspecified atom stereocenters. The molecular formula is C16H14Cl2N2O4. The summed E-state index contributed by atoms with van der Waals surface area (Å²) < 4.78 is 10.1. The zero-order chi connectivity index (χ0) is 17.5. The van der Waals surface area contributed by atoms with Gasteiger partial charge in [0.05, 0.1) is 10.7 Å². The molecule has 0 spiro atoms. The van der Waals surface area contributed by atoms with Crippen molar-refractivity contribution in [2.45, 2.75) is 6.92 Å². The zero-order valence-electron chi connectivity index (χ0n) is 12.7. The summed E-state index contributed by atoms with van der Waals surface area (Å²) in [5, 5.41) is 3.02. The van der Waals surface area contributed by atoms with Crippen LogP contribution in [0.5, 0.6) is 5.75 Å². The number of hydrogen-bond donors (Lipinski definition) is 1. The fraction of sp³-hybridized carbons (Fsp3) is 0.188. The van der Waals surface area contributed by atoms with Crippen molar-refractivity contribution in [3.8, 4) is 5.75 Å². The molecular weight excluding hydrogens is 355 g/mol. The Morgan fingerprint density at radius 3 is 2.75 bits per heavy atom. The van der Waals surface area contributed by atoms with E-state index < -0.39 is 18.5 Å². The summed E-state index contributed by atoms with van der Waals surface area (Å²) in [6, 6.07) is 8.39. The second kappa shape index (κ2) is 8.52. The number of carbonyl (C=O) groups excluding carboxylic acids is 2. The highest BCUT2D eigenvalue weighted by Crippen LogP contribution is 2.25. The molecule has 126 valence electrons. The van der Waals surface area contributed by atoms with Crippen molar-refractivity contribution in [1.82, 2.24) is 4.98 Å². The summed E-state index contributed by atoms with van der Waals surface area (Å²) in [5.41, 5.74) is 1.28. The van der Waals surface area contributed by atoms with E-state index in [4.69, 9.17) is 32.7 Å². The predicted octanol–water partition coefficient (Wildman–Crippen LogP) is 3.26. The van der Waals surface area contributed by atoms with Crippen molar-refractivity contribution in [3.63, 3.8) is 0 Å². The van der Waals surface area contributed by atoms with Crippen LogP contribution in [-0.2, 0) is 14.3 Å². The van der Waals surface area contributed by atoms with Crippen LogP contribution in [0.2, 0.25) is 10.2 Å². The lowest BCUT2D eigenvalue weighted by Gasteiger charge is -2.09. The van der Waals surface area contributed by atoms with Gasteiger partial charge in [0.15, 0.2) is 18.4 Å². The molecule has 0 aliphatic heterocycles. The van der Waals surface area contributed by atoms with Gasteiger partial charge in [-0.1, -0.05) is 29.3 Å². The molecule has 1 aromatic carbocycles. The maximum Gasteiger partial charge on any atom is 0.344 e. The van der Waals surface area contributed by atoms with Gasteiger partial charge in [0, 0.05) is 6.20 Å². The normalized spacial score (nSPS) is 10.1. The van der Waals surface area contributed by atoms with Gasteiger partial charge in [0.1, 0.15) is 5.75 Å². The first-order valence-electron chi connectivity index (χ1n) is 6.90. The molecule has 6 nitrogen and oxygen atoms in total. The lowest BCUT2D eigenvalue weighted by atomic mass is 10.2. The maximum atomic E-state index is 11.7. The molecule has 2 aromatic rings. The van der Waals surface area contributed by atoms with E-state index in [2.05, 4.69) is 10.3 Å². The molecule has 0 aliphatic rings. The number of benzene rings is 1. The number of ether oxygens (including phenoxy) is 2. The van der Waals surface area contributed by atoms with E-state index in [1.807, 2.05) is 13.0 Å². The summed E-state index contributed by atoms with van der Waals surface area (Å²) in [6.45, 7) is 1.05. The summed E-state index contributed by atoms with van der Waals surface area (Å²) >= 11 is 11.8. The summed E-state index contributed by atoms with van der Waals surface area (Å²) in [7, 11) is 0. The highest BCUT2D eigenvalue weighted by Gasteiger charge is 2.11. The van der Waals surface area contributed by atoms with Crippen LogP contribution in [0.1, 0.15) is 5.56 Å². The number of nitrogens with one attached hydrogen (secondary N) is 1. The van der Waals surface area contributed by atoms with Crippen molar-refractivity contribution in [3.05, 3.63) is 52.3 Å². The standard InChI is InChI=1S/C16H14Cl2N2O4/c1-10-4-5-11(17)13(7-10)23-9-15(22)24-8-14(21)20-12-3-2-6-19-16(12)18/h2-7H,8-9H2,1H3,(H,20,21). The topological polar surface area (TPSA) is 77.5 Å². The Morgan fingerprint density at radius 2 is 2.00 bits per heavy atom. The van der Waals surface area contributed by atoms with Gasteiger partial charge in [-0.25, -0.2) is 9.78 Å². The molecule has 1 N–H and O–H groups in total. The van der Waals surface area contributed by atoms with E-state index in [-0.39, 0.29) is 11.8 Å². The molecule has 0 radical (unpaired) electrons. The second-order valence-electron chi connectivity index (χ2n) is 4.77. The van der Waals surface area contributed by atoms with Crippen molar-refractivity contribution in [1.29, 1.82) is 0 Å². The molecule has 0 fully saturated rings. The first-order chi connectivity index (χ1) is 11.5. The van der Waals surface area contributed by atoms with Crippen LogP contribution in [0.15, 0.2) is 36.5 Å². The lowest BCUT2D eigenvalue weighted by molar-refractivity contribution is -0.149. The van der Waals surface area contributed by atoms with Crippen molar-refractivity contribution in [2.75, 3.05) is 18.5 Å². The van der Waals surface area contributed by atoms with Crippen LogP contribution in [-0.4, -0.2) is 30.1 Å². The number of pyridine rings is 1. The van der Waals surface area contributed by atoms with Gasteiger partial charge < -0.3 is 14.8 Å². The molecule has 24 heavy (non-hydrogen) atoms. The fourth-order valence-electron chi connectivity index (χ4n) is 1.71. The number of aryl methyl sites for hydroxylation is 1. The number of hydrogen-bond acceptors (Lipinski definition) is 5. The van der Waals surface area contributed by atoms with Crippen LogP contribution in [0, 0.1) is 6.92 Å². The average Bonchev–Trinajstić information content (AvgIpc) is 2.56. The first-order valence-corrected chi connectivity index (χ1v) is 7.66. The Balaban J connectivity index is 1.77. The van der Waals surface area contributed by atoms with Crippen molar-refractivity contribution >= 4 is 40.8 Å². The number of esters is 1.